The van der Waals surface area contributed by atoms with Gasteiger partial charge in [-0.1, -0.05) is 35.4 Å². The number of alkyl halides is 3. The van der Waals surface area contributed by atoms with Crippen molar-refractivity contribution in [2.75, 3.05) is 115 Å². The lowest BCUT2D eigenvalue weighted by atomic mass is 9.72. The van der Waals surface area contributed by atoms with Crippen LogP contribution in [0.4, 0.5) is 39.2 Å². The Morgan fingerprint density at radius 3 is 1.44 bits per heavy atom. The number of rotatable bonds is 14. The molecule has 12 heterocycles. The van der Waals surface area contributed by atoms with E-state index in [4.69, 9.17) is 4.74 Å². The number of thiophene rings is 2. The highest BCUT2D eigenvalue weighted by molar-refractivity contribution is 7.10. The van der Waals surface area contributed by atoms with Crippen molar-refractivity contribution in [3.05, 3.63) is 127 Å². The maximum Gasteiger partial charge on any atom is 0.471 e. The van der Waals surface area contributed by atoms with Gasteiger partial charge in [0, 0.05) is 163 Å². The average molecular weight is 1260 g/mol. The first kappa shape index (κ1) is 63.2. The molecule has 0 saturated carbocycles. The van der Waals surface area contributed by atoms with Crippen LogP contribution in [0.15, 0.2) is 95.0 Å². The first-order valence-electron chi connectivity index (χ1n) is 30.8. The van der Waals surface area contributed by atoms with E-state index >= 15 is 0 Å². The van der Waals surface area contributed by atoms with E-state index in [2.05, 4.69) is 77.6 Å². The summed E-state index contributed by atoms with van der Waals surface area (Å²) in [6.45, 7) is 17.0. The van der Waals surface area contributed by atoms with E-state index in [0.29, 0.717) is 76.8 Å². The number of fused-ring (bicyclic) bond motifs is 2. The second-order valence-electron chi connectivity index (χ2n) is 25.9. The summed E-state index contributed by atoms with van der Waals surface area (Å²) in [7, 11) is 0. The number of halogens is 3. The van der Waals surface area contributed by atoms with Crippen LogP contribution in [0.5, 0.6) is 0 Å². The van der Waals surface area contributed by atoms with Crippen molar-refractivity contribution in [3.8, 4) is 0 Å². The quantitative estimate of drug-likeness (QED) is 0.0904. The van der Waals surface area contributed by atoms with Gasteiger partial charge in [-0.25, -0.2) is 24.4 Å². The lowest BCUT2D eigenvalue weighted by molar-refractivity contribution is -0.189. The van der Waals surface area contributed by atoms with Gasteiger partial charge in [0.15, 0.2) is 0 Å². The number of pyridine rings is 2. The van der Waals surface area contributed by atoms with E-state index in [1.807, 2.05) is 58.6 Å². The number of piperidine rings is 2. The van der Waals surface area contributed by atoms with E-state index in [1.54, 1.807) is 58.2 Å². The van der Waals surface area contributed by atoms with Crippen molar-refractivity contribution in [1.82, 2.24) is 49.2 Å². The molecule has 4 fully saturated rings. The fraction of sp³-hybridized carbons (Fsp3) is 0.508. The molecular formula is C65H79F3N12O7S2. The molecule has 4 aromatic heterocycles. The summed E-state index contributed by atoms with van der Waals surface area (Å²) in [5.74, 6) is -0.708. The molecule has 0 bridgehead atoms. The third kappa shape index (κ3) is 16.1. The van der Waals surface area contributed by atoms with Crippen LogP contribution in [0, 0.1) is 10.8 Å². The van der Waals surface area contributed by atoms with E-state index in [1.165, 1.54) is 20.9 Å². The smallest absolute Gasteiger partial charge is 0.444 e. The van der Waals surface area contributed by atoms with E-state index in [9.17, 15) is 41.9 Å². The summed E-state index contributed by atoms with van der Waals surface area (Å²) in [6.07, 6.45) is 16.1. The molecule has 4 aromatic rings. The molecule has 8 amide bonds. The number of amides is 8. The van der Waals surface area contributed by atoms with Crippen molar-refractivity contribution in [1.29, 1.82) is 0 Å². The fourth-order valence-corrected chi connectivity index (χ4v) is 14.6. The summed E-state index contributed by atoms with van der Waals surface area (Å²) >= 11 is 3.52. The zero-order valence-corrected chi connectivity index (χ0v) is 52.5. The van der Waals surface area contributed by atoms with Gasteiger partial charge in [-0.05, 0) is 128 Å². The minimum atomic E-state index is -4.83. The van der Waals surface area contributed by atoms with Crippen LogP contribution in [-0.2, 0) is 45.1 Å². The zero-order valence-electron chi connectivity index (χ0n) is 50.9. The number of hydrogen-bond acceptors (Lipinski definition) is 13. The molecule has 2 spiro atoms. The monoisotopic (exact) mass is 1260 g/mol. The van der Waals surface area contributed by atoms with Crippen molar-refractivity contribution < 1.29 is 46.7 Å². The van der Waals surface area contributed by atoms with Gasteiger partial charge in [0.2, 0.25) is 11.8 Å². The molecule has 12 rings (SSSR count). The first-order chi connectivity index (χ1) is 42.6. The molecule has 8 aliphatic rings. The van der Waals surface area contributed by atoms with Crippen LogP contribution in [0.25, 0.3) is 12.2 Å². The molecule has 0 aliphatic carbocycles. The Hall–Kier alpha value is -7.41. The van der Waals surface area contributed by atoms with Crippen molar-refractivity contribution >= 4 is 82.3 Å². The van der Waals surface area contributed by atoms with Crippen LogP contribution >= 0.6 is 22.7 Å². The number of likely N-dealkylation sites (tertiary alicyclic amines) is 4. The molecule has 0 atom stereocenters. The number of ether oxygens (including phenoxy) is 1. The largest absolute Gasteiger partial charge is 0.471 e. The number of urea groups is 2. The third-order valence-electron chi connectivity index (χ3n) is 18.2. The summed E-state index contributed by atoms with van der Waals surface area (Å²) in [6, 6.07) is 12.0. The predicted molar refractivity (Wildman–Crippen MR) is 337 cm³/mol. The Bertz CT molecular complexity index is 3370. The molecule has 19 nitrogen and oxygen atoms in total. The van der Waals surface area contributed by atoms with Crippen molar-refractivity contribution in [2.45, 2.75) is 97.0 Å². The van der Waals surface area contributed by atoms with Gasteiger partial charge in [0.25, 0.3) is 0 Å². The summed E-state index contributed by atoms with van der Waals surface area (Å²) < 4.78 is 43.8. The molecule has 8 aliphatic heterocycles. The maximum atomic E-state index is 12.9. The van der Waals surface area contributed by atoms with Gasteiger partial charge in [-0.2, -0.15) is 13.2 Å². The molecule has 0 unspecified atom stereocenters. The second kappa shape index (κ2) is 27.0. The standard InChI is InChI=1S/C34H44N6O4S.C31H35F3N6O3S/c1-33(2,3)44-32(43)39-14-10-34(11-15-39)23-37(24-34)16-17-40-22-27-19-26(21-35-30(27)36-31(40)42)6-7-29(41)38-12-8-25(9-13-38)20-28-5-4-18-45-28;32-31(33,34)28(42)39-11-7-30(8-12-39)20-37(21-30)13-14-40-19-24-16-23(18-35-27(24)36-29(40)43)3-4-26(41)38-9-5-22(6-10-38)17-25-2-1-15-44-25/h4-8,18-19,21H,9-17,20,22-24H2,1-3H3,(H,35,36,42);1-5,15-16,18H,6-14,17,19-21H2,(H,35,36,43)/b7-6+;4-3+. The zero-order chi connectivity index (χ0) is 62.5. The Kier molecular flexibility index (Phi) is 19.1. The fourth-order valence-electron chi connectivity index (χ4n) is 13.1. The number of nitrogens with one attached hydrogen (secondary N) is 2. The average Bonchev–Trinajstić information content (AvgIpc) is 1.08. The minimum absolute atomic E-state index is 0.00286. The highest BCUT2D eigenvalue weighted by atomic mass is 32.1. The van der Waals surface area contributed by atoms with Crippen LogP contribution in [0.1, 0.15) is 91.3 Å². The number of anilines is 2. The molecule has 2 N–H and O–H groups in total. The molecule has 0 aromatic carbocycles. The van der Waals surface area contributed by atoms with E-state index < -0.39 is 17.7 Å². The number of aromatic nitrogens is 2. The lowest BCUT2D eigenvalue weighted by Crippen LogP contribution is -2.62. The van der Waals surface area contributed by atoms with Gasteiger partial charge in [0.1, 0.15) is 17.2 Å². The summed E-state index contributed by atoms with van der Waals surface area (Å²) in [5.41, 5.74) is 5.90. The van der Waals surface area contributed by atoms with Crippen molar-refractivity contribution in [3.63, 3.8) is 0 Å². The van der Waals surface area contributed by atoms with Gasteiger partial charge >= 0.3 is 30.2 Å². The maximum absolute atomic E-state index is 12.9. The predicted octanol–water partition coefficient (Wildman–Crippen LogP) is 9.63. The van der Waals surface area contributed by atoms with Crippen LogP contribution in [0.3, 0.4) is 0 Å². The van der Waals surface area contributed by atoms with Crippen molar-refractivity contribution in [2.24, 2.45) is 10.8 Å². The third-order valence-corrected chi connectivity index (χ3v) is 19.9. The Morgan fingerprint density at radius 2 is 1.06 bits per heavy atom. The number of carbonyl (C=O) groups excluding carboxylic acids is 6. The first-order valence-corrected chi connectivity index (χ1v) is 32.6. The second-order valence-corrected chi connectivity index (χ2v) is 28.0. The van der Waals surface area contributed by atoms with Gasteiger partial charge in [-0.15, -0.1) is 22.7 Å². The number of carbonyl (C=O) groups is 6. The molecule has 0 radical (unpaired) electrons. The summed E-state index contributed by atoms with van der Waals surface area (Å²) in [5, 5.41) is 9.95. The Balaban J connectivity index is 0.000000184. The van der Waals surface area contributed by atoms with Crippen LogP contribution in [-0.4, -0.2) is 202 Å². The normalized spacial score (nSPS) is 20.2. The summed E-state index contributed by atoms with van der Waals surface area (Å²) in [4.78, 5) is 101. The minimum Gasteiger partial charge on any atom is -0.444 e. The molecular weight excluding hydrogens is 1180 g/mol. The number of hydrogen-bond donors (Lipinski definition) is 2. The van der Waals surface area contributed by atoms with Gasteiger partial charge < -0.3 is 43.9 Å². The van der Waals surface area contributed by atoms with Gasteiger partial charge in [-0.3, -0.25) is 25.0 Å². The molecule has 24 heteroatoms. The Labute approximate surface area is 525 Å². The SMILES string of the molecule is CC(C)(C)OC(=O)N1CCC2(CC1)CN(CCN1Cc3cc(/C=C/C(=O)N4CC=C(Cc5cccs5)CC4)cnc3NC1=O)C2.O=C(/C=C/c1cnc2c(c1)CN(CCN1CC3(CCN(C(=O)C(F)(F)F)CC3)C1)C(=O)N2)N1CC=C(Cc2cccs2)CC1. The molecule has 474 valence electrons. The number of nitrogens with zero attached hydrogens (tertiary/aromatic N) is 10. The highest BCUT2D eigenvalue weighted by Crippen LogP contribution is 2.42. The van der Waals surface area contributed by atoms with E-state index in [-0.39, 0.29) is 53.9 Å². The topological polar surface area (TPSA) is 187 Å². The Morgan fingerprint density at radius 1 is 0.618 bits per heavy atom. The molecule has 4 saturated heterocycles. The van der Waals surface area contributed by atoms with Crippen LogP contribution in [0.2, 0.25) is 0 Å². The molecule has 89 heavy (non-hydrogen) atoms. The van der Waals surface area contributed by atoms with E-state index in [0.717, 1.165) is 118 Å². The van der Waals surface area contributed by atoms with Crippen LogP contribution < -0.4 is 10.6 Å². The lowest BCUT2D eigenvalue weighted by Gasteiger charge is -2.54. The highest BCUT2D eigenvalue weighted by Gasteiger charge is 2.50. The van der Waals surface area contributed by atoms with Gasteiger partial charge in [0.05, 0.1) is 13.1 Å².